The molecule has 0 bridgehead atoms. The van der Waals surface area contributed by atoms with Crippen molar-refractivity contribution in [3.05, 3.63) is 23.9 Å². The van der Waals surface area contributed by atoms with Crippen LogP contribution in [0.25, 0.3) is 0 Å². The van der Waals surface area contributed by atoms with Gasteiger partial charge in [0, 0.05) is 38.9 Å². The summed E-state index contributed by atoms with van der Waals surface area (Å²) in [6.45, 7) is 4.89. The first-order valence-corrected chi connectivity index (χ1v) is 15.8. The van der Waals surface area contributed by atoms with Gasteiger partial charge in [0.05, 0.1) is 18.4 Å². The molecule has 2 rings (SSSR count). The lowest BCUT2D eigenvalue weighted by atomic mass is 10.0. The highest BCUT2D eigenvalue weighted by Crippen LogP contribution is 2.14. The van der Waals surface area contributed by atoms with Gasteiger partial charge in [-0.1, -0.05) is 77.0 Å². The summed E-state index contributed by atoms with van der Waals surface area (Å²) < 4.78 is 26.5. The van der Waals surface area contributed by atoms with Crippen LogP contribution in [-0.2, 0) is 14.3 Å². The van der Waals surface area contributed by atoms with E-state index in [9.17, 15) is 13.2 Å². The van der Waals surface area contributed by atoms with Gasteiger partial charge < -0.3 is 15.5 Å². The van der Waals surface area contributed by atoms with Crippen molar-refractivity contribution in [1.82, 2.24) is 15.6 Å². The molecule has 2 N–H and O–H groups in total. The van der Waals surface area contributed by atoms with Crippen LogP contribution in [0, 0.1) is 0 Å². The Morgan fingerprint density at radius 1 is 0.889 bits per heavy atom. The fourth-order valence-corrected chi connectivity index (χ4v) is 4.88. The Kier molecular flexibility index (Phi) is 15.7. The van der Waals surface area contributed by atoms with Crippen molar-refractivity contribution in [2.24, 2.45) is 0 Å². The summed E-state index contributed by atoms with van der Waals surface area (Å²) in [6, 6.07) is 3.82. The van der Waals surface area contributed by atoms with E-state index in [1.54, 1.807) is 6.20 Å². The van der Waals surface area contributed by atoms with Gasteiger partial charge in [-0.2, -0.15) is 8.42 Å². The molecule has 0 atom stereocenters. The van der Waals surface area contributed by atoms with Crippen molar-refractivity contribution in [3.8, 4) is 0 Å². The maximum atomic E-state index is 12.3. The first-order valence-electron chi connectivity index (χ1n) is 14.0. The molecule has 0 aliphatic carbocycles. The lowest BCUT2D eigenvalue weighted by Gasteiger charge is -2.28. The normalized spacial score (nSPS) is 14.2. The molecule has 0 aromatic carbocycles. The molecule has 1 aromatic heterocycles. The number of piperazine rings is 1. The van der Waals surface area contributed by atoms with Crippen LogP contribution in [0.15, 0.2) is 18.3 Å². The van der Waals surface area contributed by atoms with Crippen molar-refractivity contribution in [3.63, 3.8) is 0 Å². The minimum atomic E-state index is -3.28. The van der Waals surface area contributed by atoms with Crippen molar-refractivity contribution >= 4 is 21.8 Å². The van der Waals surface area contributed by atoms with E-state index in [2.05, 4.69) is 20.5 Å². The number of pyridine rings is 1. The van der Waals surface area contributed by atoms with Gasteiger partial charge in [-0.15, -0.1) is 0 Å². The SMILES string of the molecule is CS(=O)(=O)OCCCCCCCCCCCCCCCCNC(=O)c1ccc(N2CCNCC2)nc1. The molecule has 0 spiro atoms. The summed E-state index contributed by atoms with van der Waals surface area (Å²) in [5.74, 6) is 0.912. The van der Waals surface area contributed by atoms with Crippen LogP contribution in [0.5, 0.6) is 0 Å². The Balaban J connectivity index is 1.33. The monoisotopic (exact) mass is 524 g/mol. The van der Waals surface area contributed by atoms with Crippen molar-refractivity contribution in [1.29, 1.82) is 0 Å². The van der Waals surface area contributed by atoms with E-state index in [1.165, 1.54) is 57.8 Å². The fraction of sp³-hybridized carbons (Fsp3) is 0.778. The summed E-state index contributed by atoms with van der Waals surface area (Å²) in [7, 11) is -3.28. The smallest absolute Gasteiger partial charge is 0.264 e. The Labute approximate surface area is 219 Å². The molecular formula is C27H48N4O4S. The topological polar surface area (TPSA) is 101 Å². The highest BCUT2D eigenvalue weighted by atomic mass is 32.2. The van der Waals surface area contributed by atoms with Crippen LogP contribution >= 0.6 is 0 Å². The Hall–Kier alpha value is -1.71. The van der Waals surface area contributed by atoms with Crippen molar-refractivity contribution in [2.75, 3.05) is 50.5 Å². The quantitative estimate of drug-likeness (QED) is 0.189. The Morgan fingerprint density at radius 2 is 1.42 bits per heavy atom. The van der Waals surface area contributed by atoms with E-state index in [-0.39, 0.29) is 5.91 Å². The molecule has 36 heavy (non-hydrogen) atoms. The highest BCUT2D eigenvalue weighted by molar-refractivity contribution is 7.85. The number of anilines is 1. The first-order chi connectivity index (χ1) is 17.5. The summed E-state index contributed by atoms with van der Waals surface area (Å²) in [4.78, 5) is 19.0. The molecule has 1 fully saturated rings. The molecule has 2 heterocycles. The minimum absolute atomic E-state index is 0.0321. The summed E-state index contributed by atoms with van der Waals surface area (Å²) in [5.41, 5.74) is 0.632. The zero-order chi connectivity index (χ0) is 25.9. The molecule has 206 valence electrons. The van der Waals surface area contributed by atoms with E-state index in [0.29, 0.717) is 12.2 Å². The average Bonchev–Trinajstić information content (AvgIpc) is 2.88. The molecule has 9 heteroatoms. The van der Waals surface area contributed by atoms with Crippen molar-refractivity contribution in [2.45, 2.75) is 89.9 Å². The molecule has 1 saturated heterocycles. The lowest BCUT2D eigenvalue weighted by Crippen LogP contribution is -2.43. The average molecular weight is 525 g/mol. The van der Waals surface area contributed by atoms with Crippen LogP contribution in [0.2, 0.25) is 0 Å². The number of carbonyl (C=O) groups excluding carboxylic acids is 1. The van der Waals surface area contributed by atoms with E-state index < -0.39 is 10.1 Å². The molecule has 1 aliphatic heterocycles. The van der Waals surface area contributed by atoms with Gasteiger partial charge in [0.15, 0.2) is 0 Å². The van der Waals surface area contributed by atoms with Gasteiger partial charge in [0.1, 0.15) is 5.82 Å². The van der Waals surface area contributed by atoms with Crippen molar-refractivity contribution < 1.29 is 17.4 Å². The minimum Gasteiger partial charge on any atom is -0.354 e. The van der Waals surface area contributed by atoms with E-state index in [4.69, 9.17) is 4.18 Å². The third kappa shape index (κ3) is 14.8. The highest BCUT2D eigenvalue weighted by Gasteiger charge is 2.12. The van der Waals surface area contributed by atoms with Crippen LogP contribution in [-0.4, -0.2) is 64.9 Å². The maximum absolute atomic E-state index is 12.3. The second kappa shape index (κ2) is 18.5. The standard InChI is InChI=1S/C27H48N4O4S/c1-36(33,34)35-23-15-13-11-9-7-5-3-2-4-6-8-10-12-14-18-29-27(32)25-16-17-26(30-24-25)31-21-19-28-20-22-31/h16-17,24,28H,2-15,18-23H2,1H3,(H,29,32). The third-order valence-corrected chi connectivity index (χ3v) is 7.20. The van der Waals surface area contributed by atoms with E-state index >= 15 is 0 Å². The molecular weight excluding hydrogens is 476 g/mol. The number of aromatic nitrogens is 1. The van der Waals surface area contributed by atoms with Crippen LogP contribution in [0.1, 0.15) is 100 Å². The zero-order valence-electron chi connectivity index (χ0n) is 22.3. The molecule has 0 radical (unpaired) electrons. The largest absolute Gasteiger partial charge is 0.354 e. The van der Waals surface area contributed by atoms with Gasteiger partial charge in [0.2, 0.25) is 0 Å². The fourth-order valence-electron chi connectivity index (χ4n) is 4.46. The predicted molar refractivity (Wildman–Crippen MR) is 147 cm³/mol. The molecule has 1 amide bonds. The van der Waals surface area contributed by atoms with Crippen LogP contribution in [0.4, 0.5) is 5.82 Å². The molecule has 1 aliphatic rings. The number of amides is 1. The molecule has 8 nitrogen and oxygen atoms in total. The molecule has 0 unspecified atom stereocenters. The number of hydrogen-bond acceptors (Lipinski definition) is 7. The summed E-state index contributed by atoms with van der Waals surface area (Å²) in [5, 5.41) is 6.35. The predicted octanol–water partition coefficient (Wildman–Crippen LogP) is 4.66. The number of unbranched alkanes of at least 4 members (excludes halogenated alkanes) is 13. The zero-order valence-corrected chi connectivity index (χ0v) is 23.1. The summed E-state index contributed by atoms with van der Waals surface area (Å²) in [6.07, 6.45) is 19.6. The lowest BCUT2D eigenvalue weighted by molar-refractivity contribution is 0.0952. The second-order valence-corrected chi connectivity index (χ2v) is 11.5. The second-order valence-electron chi connectivity index (χ2n) is 9.87. The maximum Gasteiger partial charge on any atom is 0.264 e. The summed E-state index contributed by atoms with van der Waals surface area (Å²) >= 11 is 0. The first kappa shape index (κ1) is 30.5. The van der Waals surface area contributed by atoms with E-state index in [1.807, 2.05) is 12.1 Å². The van der Waals surface area contributed by atoms with Gasteiger partial charge in [0.25, 0.3) is 16.0 Å². The number of carbonyl (C=O) groups is 1. The van der Waals surface area contributed by atoms with Gasteiger partial charge >= 0.3 is 0 Å². The van der Waals surface area contributed by atoms with Gasteiger partial charge in [-0.25, -0.2) is 4.98 Å². The Morgan fingerprint density at radius 3 is 1.92 bits per heavy atom. The molecule has 0 saturated carbocycles. The van der Waals surface area contributed by atoms with Crippen LogP contribution in [0.3, 0.4) is 0 Å². The third-order valence-electron chi connectivity index (χ3n) is 6.61. The number of nitrogens with one attached hydrogen (secondary N) is 2. The molecule has 1 aromatic rings. The van der Waals surface area contributed by atoms with E-state index in [0.717, 1.165) is 76.9 Å². The van der Waals surface area contributed by atoms with Gasteiger partial charge in [-0.3, -0.25) is 8.98 Å². The van der Waals surface area contributed by atoms with Gasteiger partial charge in [-0.05, 0) is 25.0 Å². The number of hydrogen-bond donors (Lipinski definition) is 2. The Bertz CT molecular complexity index is 812. The number of nitrogens with zero attached hydrogens (tertiary/aromatic N) is 2. The van der Waals surface area contributed by atoms with Crippen LogP contribution < -0.4 is 15.5 Å². The number of rotatable bonds is 20.